The van der Waals surface area contributed by atoms with E-state index in [-0.39, 0.29) is 6.61 Å². The summed E-state index contributed by atoms with van der Waals surface area (Å²) in [6.07, 6.45) is 0.943. The molecular formula is C28H27FOP+. The molecule has 0 saturated heterocycles. The second kappa shape index (κ2) is 9.90. The summed E-state index contributed by atoms with van der Waals surface area (Å²) in [7, 11) is -1.98. The lowest BCUT2D eigenvalue weighted by molar-refractivity contribution is 0.273. The number of rotatable bonds is 8. The number of aryl methyl sites for hydroxylation is 1. The molecule has 0 saturated carbocycles. The molecule has 0 aliphatic carbocycles. The van der Waals surface area contributed by atoms with Crippen LogP contribution in [-0.2, 0) is 6.16 Å². The first kappa shape index (κ1) is 21.3. The van der Waals surface area contributed by atoms with Crippen molar-refractivity contribution in [2.75, 3.05) is 13.3 Å². The average Bonchev–Trinajstić information content (AvgIpc) is 2.84. The summed E-state index contributed by atoms with van der Waals surface area (Å²) in [5.41, 5.74) is 2.67. The molecule has 0 aliphatic rings. The molecule has 0 fully saturated rings. The van der Waals surface area contributed by atoms with E-state index in [1.807, 2.05) is 12.1 Å². The van der Waals surface area contributed by atoms with Crippen LogP contribution in [0.5, 0.6) is 5.75 Å². The van der Waals surface area contributed by atoms with E-state index in [0.717, 1.165) is 6.16 Å². The fraction of sp³-hybridized carbons (Fsp3) is 0.143. The minimum atomic E-state index is -1.98. The predicted molar refractivity (Wildman–Crippen MR) is 132 cm³/mol. The molecule has 1 nitrogen and oxygen atoms in total. The Morgan fingerprint density at radius 1 is 0.645 bits per heavy atom. The summed E-state index contributed by atoms with van der Waals surface area (Å²) in [6.45, 7) is 1.79. The summed E-state index contributed by atoms with van der Waals surface area (Å²) in [5, 5.41) is 3.99. The Kier molecular flexibility index (Phi) is 6.79. The van der Waals surface area contributed by atoms with Crippen molar-refractivity contribution < 1.29 is 9.13 Å². The van der Waals surface area contributed by atoms with Crippen molar-refractivity contribution in [3.63, 3.8) is 0 Å². The third kappa shape index (κ3) is 4.55. The van der Waals surface area contributed by atoms with Crippen LogP contribution in [0, 0.1) is 6.92 Å². The van der Waals surface area contributed by atoms with Gasteiger partial charge in [-0.1, -0.05) is 60.7 Å². The maximum atomic E-state index is 12.6. The number of benzene rings is 4. The molecule has 0 unspecified atom stereocenters. The third-order valence-corrected chi connectivity index (χ3v) is 10.0. The van der Waals surface area contributed by atoms with Crippen LogP contribution in [0.2, 0.25) is 0 Å². The van der Waals surface area contributed by atoms with Gasteiger partial charge >= 0.3 is 0 Å². The van der Waals surface area contributed by atoms with Gasteiger partial charge in [-0.05, 0) is 66.6 Å². The van der Waals surface area contributed by atoms with Crippen molar-refractivity contribution in [1.82, 2.24) is 0 Å². The van der Waals surface area contributed by atoms with Gasteiger partial charge in [-0.3, -0.25) is 0 Å². The highest BCUT2D eigenvalue weighted by Crippen LogP contribution is 2.58. The molecule has 156 valence electrons. The molecule has 0 heterocycles. The molecule has 4 rings (SSSR count). The van der Waals surface area contributed by atoms with Gasteiger partial charge in [0.25, 0.3) is 0 Å². The maximum Gasteiger partial charge on any atom is 0.123 e. The zero-order chi connectivity index (χ0) is 21.5. The number of alkyl halides is 1. The number of hydrogen-bond donors (Lipinski definition) is 0. The largest absolute Gasteiger partial charge is 0.491 e. The molecule has 0 bridgehead atoms. The van der Waals surface area contributed by atoms with E-state index < -0.39 is 13.9 Å². The van der Waals surface area contributed by atoms with E-state index in [4.69, 9.17) is 4.74 Å². The van der Waals surface area contributed by atoms with Gasteiger partial charge in [-0.15, -0.1) is 0 Å². The van der Waals surface area contributed by atoms with Gasteiger partial charge in [0.2, 0.25) is 0 Å². The van der Waals surface area contributed by atoms with Gasteiger partial charge < -0.3 is 4.74 Å². The van der Waals surface area contributed by atoms with Crippen molar-refractivity contribution in [2.45, 2.75) is 13.1 Å². The van der Waals surface area contributed by atoms with Crippen LogP contribution < -0.4 is 20.7 Å². The van der Waals surface area contributed by atoms with Gasteiger partial charge in [0, 0.05) is 0 Å². The van der Waals surface area contributed by atoms with Gasteiger partial charge in [-0.2, -0.15) is 0 Å². The summed E-state index contributed by atoms with van der Waals surface area (Å²) in [5.74, 6) is 0.705. The molecule has 0 amide bonds. The normalized spacial score (nSPS) is 11.3. The van der Waals surface area contributed by atoms with Crippen molar-refractivity contribution in [2.24, 2.45) is 0 Å². The lowest BCUT2D eigenvalue weighted by Crippen LogP contribution is -2.32. The first-order valence-electron chi connectivity index (χ1n) is 10.6. The van der Waals surface area contributed by atoms with Crippen LogP contribution in [0.15, 0.2) is 109 Å². The quantitative estimate of drug-likeness (QED) is 0.321. The second-order valence-corrected chi connectivity index (χ2v) is 11.1. The molecule has 0 spiro atoms. The minimum absolute atomic E-state index is 0.0835. The first-order valence-corrected chi connectivity index (χ1v) is 12.5. The van der Waals surface area contributed by atoms with E-state index in [1.54, 1.807) is 0 Å². The Hall–Kier alpha value is -2.96. The van der Waals surface area contributed by atoms with Crippen molar-refractivity contribution >= 4 is 23.2 Å². The predicted octanol–water partition coefficient (Wildman–Crippen LogP) is 5.84. The molecule has 0 radical (unpaired) electrons. The Labute approximate surface area is 184 Å². The highest BCUT2D eigenvalue weighted by molar-refractivity contribution is 7.95. The van der Waals surface area contributed by atoms with Crippen molar-refractivity contribution in [1.29, 1.82) is 0 Å². The van der Waals surface area contributed by atoms with Crippen LogP contribution in [0.3, 0.4) is 0 Å². The molecule has 0 aromatic heterocycles. The van der Waals surface area contributed by atoms with Crippen LogP contribution in [0.25, 0.3) is 0 Å². The van der Waals surface area contributed by atoms with E-state index in [0.29, 0.717) is 5.75 Å². The first-order chi connectivity index (χ1) is 15.2. The average molecular weight is 428 g/mol. The van der Waals surface area contributed by atoms with Crippen LogP contribution in [-0.4, -0.2) is 13.3 Å². The molecule has 0 N–H and O–H groups in total. The topological polar surface area (TPSA) is 9.23 Å². The molecular weight excluding hydrogens is 401 g/mol. The molecule has 4 aromatic carbocycles. The molecule has 0 atom stereocenters. The fourth-order valence-corrected chi connectivity index (χ4v) is 8.41. The summed E-state index contributed by atoms with van der Waals surface area (Å²) in [6, 6.07) is 38.6. The van der Waals surface area contributed by atoms with Gasteiger partial charge in [-0.25, -0.2) is 4.39 Å². The Balaban J connectivity index is 1.93. The fourth-order valence-electron chi connectivity index (χ4n) is 4.08. The smallest absolute Gasteiger partial charge is 0.123 e. The minimum Gasteiger partial charge on any atom is -0.491 e. The highest BCUT2D eigenvalue weighted by atomic mass is 31.2. The monoisotopic (exact) mass is 428 g/mol. The van der Waals surface area contributed by atoms with E-state index in [9.17, 15) is 4.39 Å². The number of hydrogen-bond acceptors (Lipinski definition) is 1. The second-order valence-electron chi connectivity index (χ2n) is 7.60. The van der Waals surface area contributed by atoms with E-state index in [2.05, 4.69) is 104 Å². The number of halogens is 1. The van der Waals surface area contributed by atoms with Crippen molar-refractivity contribution in [3.05, 3.63) is 120 Å². The molecule has 4 aromatic rings. The Morgan fingerprint density at radius 3 is 1.71 bits per heavy atom. The zero-order valence-corrected chi connectivity index (χ0v) is 18.6. The molecule has 0 aliphatic heterocycles. The van der Waals surface area contributed by atoms with E-state index in [1.165, 1.54) is 27.0 Å². The van der Waals surface area contributed by atoms with Gasteiger partial charge in [0.1, 0.15) is 42.2 Å². The highest BCUT2D eigenvalue weighted by Gasteiger charge is 2.45. The van der Waals surface area contributed by atoms with E-state index >= 15 is 0 Å². The van der Waals surface area contributed by atoms with Gasteiger partial charge in [0.15, 0.2) is 0 Å². The Morgan fingerprint density at radius 2 is 1.16 bits per heavy atom. The molecule has 3 heteroatoms. The number of ether oxygens (including phenoxy) is 1. The van der Waals surface area contributed by atoms with Crippen LogP contribution >= 0.6 is 7.26 Å². The maximum absolute atomic E-state index is 12.6. The standard InChI is InChI=1S/C28H27FOP/c1-23-10-8-9-11-24(23)22-31(26-12-4-2-5-13-26,27-14-6-3-7-15-27)28-18-16-25(17-19-28)30-21-20-29/h2-19H,20-22H2,1H3/q+1/i29-1. The SMILES string of the molecule is Cc1ccccc1C[P+](c1ccccc1)(c1ccccc1)c1ccc(OCC[18F])cc1. The van der Waals surface area contributed by atoms with Crippen LogP contribution in [0.4, 0.5) is 4.39 Å². The van der Waals surface area contributed by atoms with Gasteiger partial charge in [0.05, 0.1) is 6.16 Å². The summed E-state index contributed by atoms with van der Waals surface area (Å²) >= 11 is 0. The molecule has 31 heavy (non-hydrogen) atoms. The third-order valence-electron chi connectivity index (χ3n) is 5.69. The summed E-state index contributed by atoms with van der Waals surface area (Å²) < 4.78 is 18.1. The summed E-state index contributed by atoms with van der Waals surface area (Å²) in [4.78, 5) is 0. The van der Waals surface area contributed by atoms with Crippen LogP contribution in [0.1, 0.15) is 11.1 Å². The lowest BCUT2D eigenvalue weighted by Gasteiger charge is -2.28. The zero-order valence-electron chi connectivity index (χ0n) is 17.7. The van der Waals surface area contributed by atoms with Crippen molar-refractivity contribution in [3.8, 4) is 5.75 Å². The lowest BCUT2D eigenvalue weighted by atomic mass is 10.1. The Bertz CT molecular complexity index is 1060.